The van der Waals surface area contributed by atoms with Gasteiger partial charge < -0.3 is 16.0 Å². The van der Waals surface area contributed by atoms with Gasteiger partial charge in [-0.25, -0.2) is 4.79 Å². The number of ether oxygens (including phenoxy) is 2. The Labute approximate surface area is 88.6 Å². The van der Waals surface area contributed by atoms with Crippen molar-refractivity contribution >= 4 is 5.97 Å². The predicted octanol–water partition coefficient (Wildman–Crippen LogP) is -2.66. The minimum absolute atomic E-state index is 0. The van der Waals surface area contributed by atoms with E-state index in [2.05, 4.69) is 0 Å². The van der Waals surface area contributed by atoms with E-state index in [1.54, 1.807) is 13.8 Å². The van der Waals surface area contributed by atoms with Gasteiger partial charge in [-0.3, -0.25) is 0 Å². The normalized spacial score (nSPS) is 27.6. The van der Waals surface area contributed by atoms with Crippen molar-refractivity contribution in [1.82, 2.24) is 0 Å². The topological polar surface area (TPSA) is 55.8 Å². The number of aliphatic carboxylic acids is 1. The molecule has 1 unspecified atom stereocenters. The first-order chi connectivity index (χ1) is 4.51. The summed E-state index contributed by atoms with van der Waals surface area (Å²) in [5, 5.41) is 8.44. The second-order valence-electron chi connectivity index (χ2n) is 2.66. The fraction of sp³-hybridized carbons (Fsp3) is 0.833. The molecular formula is C6H11NaO4. The predicted molar refractivity (Wildman–Crippen MR) is 33.7 cm³/mol. The third kappa shape index (κ3) is 3.09. The molecule has 4 nitrogen and oxygen atoms in total. The molecule has 1 aliphatic rings. The molecule has 0 saturated carbocycles. The van der Waals surface area contributed by atoms with E-state index >= 15 is 0 Å². The zero-order valence-corrected chi connectivity index (χ0v) is 8.96. The monoisotopic (exact) mass is 170 g/mol. The zero-order chi connectivity index (χ0) is 7.78. The molecule has 1 atom stereocenters. The molecule has 11 heavy (non-hydrogen) atoms. The molecule has 0 aliphatic carbocycles. The summed E-state index contributed by atoms with van der Waals surface area (Å²) in [6.07, 6.45) is -0.796. The molecule has 1 rings (SSSR count). The summed E-state index contributed by atoms with van der Waals surface area (Å²) in [5.74, 6) is -1.70. The van der Waals surface area contributed by atoms with Crippen LogP contribution in [0.3, 0.4) is 0 Å². The first-order valence-corrected chi connectivity index (χ1v) is 3.06. The van der Waals surface area contributed by atoms with Crippen molar-refractivity contribution in [2.45, 2.75) is 25.7 Å². The molecule has 1 saturated heterocycles. The van der Waals surface area contributed by atoms with Crippen LogP contribution in [0.4, 0.5) is 0 Å². The SMILES string of the molecule is CC1(C)OCC(C(=O)O)O1.[H-].[Na+]. The molecule has 1 heterocycles. The van der Waals surface area contributed by atoms with Crippen LogP contribution in [0.2, 0.25) is 0 Å². The minimum atomic E-state index is -0.967. The van der Waals surface area contributed by atoms with E-state index < -0.39 is 17.9 Å². The average Bonchev–Trinajstić information content (AvgIpc) is 2.10. The molecule has 0 aromatic carbocycles. The van der Waals surface area contributed by atoms with Gasteiger partial charge in [0.15, 0.2) is 11.9 Å². The van der Waals surface area contributed by atoms with Gasteiger partial charge in [0.2, 0.25) is 0 Å². The molecule has 0 bridgehead atoms. The Morgan fingerprint density at radius 2 is 2.27 bits per heavy atom. The molecule has 0 aromatic rings. The Hall–Kier alpha value is 0.390. The molecule has 1 fully saturated rings. The van der Waals surface area contributed by atoms with Crippen molar-refractivity contribution in [3.05, 3.63) is 0 Å². The molecule has 0 aromatic heterocycles. The Bertz CT molecular complexity index is 162. The smallest absolute Gasteiger partial charge is 1.00 e. The van der Waals surface area contributed by atoms with E-state index in [9.17, 15) is 4.79 Å². The van der Waals surface area contributed by atoms with Crippen LogP contribution in [-0.4, -0.2) is 29.6 Å². The van der Waals surface area contributed by atoms with Gasteiger partial charge in [-0.2, -0.15) is 0 Å². The maximum atomic E-state index is 10.3. The Balaban J connectivity index is 0. The molecule has 0 radical (unpaired) electrons. The van der Waals surface area contributed by atoms with E-state index in [1.165, 1.54) is 0 Å². The Morgan fingerprint density at radius 1 is 1.73 bits per heavy atom. The summed E-state index contributed by atoms with van der Waals surface area (Å²) >= 11 is 0. The van der Waals surface area contributed by atoms with E-state index in [1.807, 2.05) is 0 Å². The summed E-state index contributed by atoms with van der Waals surface area (Å²) in [5.41, 5.74) is 0. The summed E-state index contributed by atoms with van der Waals surface area (Å²) in [6, 6.07) is 0. The van der Waals surface area contributed by atoms with Crippen LogP contribution in [0.25, 0.3) is 0 Å². The summed E-state index contributed by atoms with van der Waals surface area (Å²) < 4.78 is 10.00. The van der Waals surface area contributed by atoms with Gasteiger partial charge in [-0.05, 0) is 13.8 Å². The third-order valence-electron chi connectivity index (χ3n) is 1.28. The summed E-state index contributed by atoms with van der Waals surface area (Å²) in [6.45, 7) is 3.52. The fourth-order valence-corrected chi connectivity index (χ4v) is 0.809. The first-order valence-electron chi connectivity index (χ1n) is 3.06. The molecule has 0 amide bonds. The zero-order valence-electron chi connectivity index (χ0n) is 7.96. The number of carboxylic acid groups (broad SMARTS) is 1. The van der Waals surface area contributed by atoms with Crippen molar-refractivity contribution in [3.8, 4) is 0 Å². The quantitative estimate of drug-likeness (QED) is 0.436. The van der Waals surface area contributed by atoms with Gasteiger partial charge in [-0.15, -0.1) is 0 Å². The Morgan fingerprint density at radius 3 is 2.45 bits per heavy atom. The number of carbonyl (C=O) groups is 1. The minimum Gasteiger partial charge on any atom is -1.00 e. The van der Waals surface area contributed by atoms with Gasteiger partial charge in [0.25, 0.3) is 0 Å². The molecule has 0 spiro atoms. The van der Waals surface area contributed by atoms with Crippen LogP contribution >= 0.6 is 0 Å². The Kier molecular flexibility index (Phi) is 4.00. The van der Waals surface area contributed by atoms with Crippen LogP contribution in [0.1, 0.15) is 15.3 Å². The number of hydrogen-bond acceptors (Lipinski definition) is 3. The van der Waals surface area contributed by atoms with Gasteiger partial charge in [0, 0.05) is 0 Å². The number of carboxylic acids is 1. The summed E-state index contributed by atoms with van der Waals surface area (Å²) in [7, 11) is 0. The average molecular weight is 170 g/mol. The van der Waals surface area contributed by atoms with E-state index in [0.29, 0.717) is 0 Å². The molecule has 1 aliphatic heterocycles. The van der Waals surface area contributed by atoms with E-state index in [4.69, 9.17) is 14.6 Å². The van der Waals surface area contributed by atoms with Gasteiger partial charge >= 0.3 is 35.5 Å². The number of hydrogen-bond donors (Lipinski definition) is 1. The van der Waals surface area contributed by atoms with Crippen molar-refractivity contribution in [3.63, 3.8) is 0 Å². The second kappa shape index (κ2) is 3.87. The van der Waals surface area contributed by atoms with Gasteiger partial charge in [0.1, 0.15) is 0 Å². The van der Waals surface area contributed by atoms with Crippen LogP contribution in [0.5, 0.6) is 0 Å². The van der Waals surface area contributed by atoms with Gasteiger partial charge in [0.05, 0.1) is 6.61 Å². The molecule has 1 N–H and O–H groups in total. The fourth-order valence-electron chi connectivity index (χ4n) is 0.809. The van der Waals surface area contributed by atoms with Crippen molar-refractivity contribution < 1.29 is 50.4 Å². The molecule has 5 heteroatoms. The second-order valence-corrected chi connectivity index (χ2v) is 2.66. The third-order valence-corrected chi connectivity index (χ3v) is 1.28. The van der Waals surface area contributed by atoms with Crippen LogP contribution in [0, 0.1) is 0 Å². The summed E-state index contributed by atoms with van der Waals surface area (Å²) in [4.78, 5) is 10.3. The maximum absolute atomic E-state index is 10.3. The molecule has 60 valence electrons. The van der Waals surface area contributed by atoms with E-state index in [0.717, 1.165) is 0 Å². The van der Waals surface area contributed by atoms with Crippen LogP contribution in [-0.2, 0) is 14.3 Å². The largest absolute Gasteiger partial charge is 1.00 e. The van der Waals surface area contributed by atoms with Crippen LogP contribution in [0.15, 0.2) is 0 Å². The van der Waals surface area contributed by atoms with E-state index in [-0.39, 0.29) is 37.6 Å². The standard InChI is InChI=1S/C6H10O4.Na.H/c1-6(2)9-3-4(10-6)5(7)8;;/h4H,3H2,1-2H3,(H,7,8);;/q;+1;-1. The van der Waals surface area contributed by atoms with Gasteiger partial charge in [-0.1, -0.05) is 0 Å². The van der Waals surface area contributed by atoms with Crippen molar-refractivity contribution in [1.29, 1.82) is 0 Å². The van der Waals surface area contributed by atoms with Crippen LogP contribution < -0.4 is 29.6 Å². The van der Waals surface area contributed by atoms with Crippen molar-refractivity contribution in [2.75, 3.05) is 6.61 Å². The molecular weight excluding hydrogens is 159 g/mol. The first kappa shape index (κ1) is 11.4. The van der Waals surface area contributed by atoms with Crippen molar-refractivity contribution in [2.24, 2.45) is 0 Å². The number of rotatable bonds is 1. The maximum Gasteiger partial charge on any atom is 1.00 e.